The van der Waals surface area contributed by atoms with Crippen LogP contribution in [-0.2, 0) is 0 Å². The highest BCUT2D eigenvalue weighted by Crippen LogP contribution is 2.50. The van der Waals surface area contributed by atoms with Crippen molar-refractivity contribution in [1.82, 2.24) is 0 Å². The summed E-state index contributed by atoms with van der Waals surface area (Å²) in [5.41, 5.74) is 17.0. The summed E-state index contributed by atoms with van der Waals surface area (Å²) in [6.45, 7) is 0. The van der Waals surface area contributed by atoms with Crippen LogP contribution < -0.4 is 9.64 Å². The third-order valence-electron chi connectivity index (χ3n) is 10.7. The first-order valence-electron chi connectivity index (χ1n) is 19.1. The molecule has 10 rings (SSSR count). The van der Waals surface area contributed by atoms with Gasteiger partial charge in [-0.3, -0.25) is 0 Å². The summed E-state index contributed by atoms with van der Waals surface area (Å²) in [7, 11) is 0. The molecule has 1 aliphatic rings. The quantitative estimate of drug-likeness (QED) is 0.163. The van der Waals surface area contributed by atoms with Crippen LogP contribution >= 0.6 is 0 Å². The lowest BCUT2D eigenvalue weighted by molar-refractivity contribution is 0.488. The molecule has 1 heterocycles. The SMILES string of the molecule is c1ccc(-c2ccc(N(c3ccc(-c4ccccc4)cc3)c3ccc4c(c3)-c3cc(-c5ccccc5)ccc3-c3cc(-c5ccccc5)ccc3O4)cc2)cc1. The van der Waals surface area contributed by atoms with Crippen molar-refractivity contribution in [2.24, 2.45) is 0 Å². The zero-order valence-corrected chi connectivity index (χ0v) is 30.7. The maximum atomic E-state index is 6.88. The van der Waals surface area contributed by atoms with Gasteiger partial charge in [0.25, 0.3) is 0 Å². The molecule has 0 aliphatic carbocycles. The van der Waals surface area contributed by atoms with Crippen molar-refractivity contribution in [1.29, 1.82) is 0 Å². The predicted octanol–water partition coefficient (Wildman–Crippen LogP) is 15.3. The van der Waals surface area contributed by atoms with Crippen LogP contribution in [0.4, 0.5) is 17.1 Å². The summed E-state index contributed by atoms with van der Waals surface area (Å²) in [6.07, 6.45) is 0. The van der Waals surface area contributed by atoms with Crippen LogP contribution in [0.25, 0.3) is 66.8 Å². The summed E-state index contributed by atoms with van der Waals surface area (Å²) >= 11 is 0. The van der Waals surface area contributed by atoms with E-state index in [0.717, 1.165) is 61.9 Å². The van der Waals surface area contributed by atoms with E-state index in [9.17, 15) is 0 Å². The second-order valence-electron chi connectivity index (χ2n) is 14.1. The molecule has 0 saturated heterocycles. The van der Waals surface area contributed by atoms with E-state index in [1.54, 1.807) is 0 Å². The summed E-state index contributed by atoms with van der Waals surface area (Å²) in [4.78, 5) is 2.34. The highest BCUT2D eigenvalue weighted by Gasteiger charge is 2.24. The number of nitrogens with zero attached hydrogens (tertiary/aromatic N) is 1. The summed E-state index contributed by atoms with van der Waals surface area (Å²) in [6, 6.07) is 80.0. The van der Waals surface area contributed by atoms with Crippen molar-refractivity contribution >= 4 is 17.1 Å². The molecule has 0 bridgehead atoms. The van der Waals surface area contributed by atoms with Gasteiger partial charge in [-0.15, -0.1) is 0 Å². The molecular weight excluding hydrogens is 679 g/mol. The highest BCUT2D eigenvalue weighted by molar-refractivity contribution is 5.96. The molecular formula is C54H37NO. The van der Waals surface area contributed by atoms with Gasteiger partial charge in [-0.2, -0.15) is 0 Å². The topological polar surface area (TPSA) is 12.5 Å². The van der Waals surface area contributed by atoms with E-state index >= 15 is 0 Å². The average Bonchev–Trinajstić information content (AvgIpc) is 3.42. The van der Waals surface area contributed by atoms with Gasteiger partial charge in [-0.1, -0.05) is 164 Å². The minimum Gasteiger partial charge on any atom is -0.456 e. The summed E-state index contributed by atoms with van der Waals surface area (Å²) in [5, 5.41) is 0. The largest absolute Gasteiger partial charge is 0.456 e. The molecule has 264 valence electrons. The van der Waals surface area contributed by atoms with Crippen LogP contribution in [0, 0.1) is 0 Å². The van der Waals surface area contributed by atoms with E-state index < -0.39 is 0 Å². The van der Waals surface area contributed by atoms with E-state index in [-0.39, 0.29) is 0 Å². The van der Waals surface area contributed by atoms with Gasteiger partial charge in [0.15, 0.2) is 0 Å². The molecule has 9 aromatic carbocycles. The molecule has 0 N–H and O–H groups in total. The molecule has 2 heteroatoms. The van der Waals surface area contributed by atoms with Crippen molar-refractivity contribution in [3.63, 3.8) is 0 Å². The van der Waals surface area contributed by atoms with Crippen LogP contribution in [0.3, 0.4) is 0 Å². The third-order valence-corrected chi connectivity index (χ3v) is 10.7. The fourth-order valence-electron chi connectivity index (χ4n) is 7.84. The Kier molecular flexibility index (Phi) is 8.55. The fourth-order valence-corrected chi connectivity index (χ4v) is 7.84. The second kappa shape index (κ2) is 14.4. The van der Waals surface area contributed by atoms with Gasteiger partial charge in [0.1, 0.15) is 11.5 Å². The number of rotatable bonds is 7. The minimum absolute atomic E-state index is 0.824. The van der Waals surface area contributed by atoms with Crippen LogP contribution in [0.2, 0.25) is 0 Å². The minimum atomic E-state index is 0.824. The molecule has 2 nitrogen and oxygen atoms in total. The smallest absolute Gasteiger partial charge is 0.135 e. The van der Waals surface area contributed by atoms with E-state index in [2.05, 4.69) is 229 Å². The molecule has 0 unspecified atom stereocenters. The monoisotopic (exact) mass is 715 g/mol. The van der Waals surface area contributed by atoms with Crippen molar-refractivity contribution in [3.05, 3.63) is 224 Å². The van der Waals surface area contributed by atoms with Gasteiger partial charge in [-0.25, -0.2) is 0 Å². The van der Waals surface area contributed by atoms with Crippen molar-refractivity contribution in [2.45, 2.75) is 0 Å². The molecule has 0 fully saturated rings. The van der Waals surface area contributed by atoms with E-state index in [1.165, 1.54) is 33.4 Å². The lowest BCUT2D eigenvalue weighted by Crippen LogP contribution is -2.10. The van der Waals surface area contributed by atoms with Crippen molar-refractivity contribution < 1.29 is 4.74 Å². The Labute approximate surface area is 328 Å². The Hall–Kier alpha value is -7.42. The third kappa shape index (κ3) is 6.34. The maximum Gasteiger partial charge on any atom is 0.135 e. The molecule has 0 atom stereocenters. The second-order valence-corrected chi connectivity index (χ2v) is 14.1. The Balaban J connectivity index is 1.14. The summed E-state index contributed by atoms with van der Waals surface area (Å²) in [5.74, 6) is 1.67. The number of hydrogen-bond acceptors (Lipinski definition) is 2. The first kappa shape index (κ1) is 33.2. The number of hydrogen-bond donors (Lipinski definition) is 0. The molecule has 9 aromatic rings. The van der Waals surface area contributed by atoms with Crippen LogP contribution in [0.1, 0.15) is 0 Å². The van der Waals surface area contributed by atoms with Crippen LogP contribution in [-0.4, -0.2) is 0 Å². The molecule has 56 heavy (non-hydrogen) atoms. The first-order chi connectivity index (χ1) is 27.7. The molecule has 1 aliphatic heterocycles. The van der Waals surface area contributed by atoms with E-state index in [4.69, 9.17) is 4.74 Å². The lowest BCUT2D eigenvalue weighted by Gasteiger charge is -2.27. The van der Waals surface area contributed by atoms with Gasteiger partial charge in [0, 0.05) is 28.2 Å². The Morgan fingerprint density at radius 3 is 1.05 bits per heavy atom. The number of benzene rings is 9. The highest BCUT2D eigenvalue weighted by atomic mass is 16.5. The van der Waals surface area contributed by atoms with Gasteiger partial charge in [-0.05, 0) is 116 Å². The molecule has 0 aromatic heterocycles. The van der Waals surface area contributed by atoms with Crippen molar-refractivity contribution in [2.75, 3.05) is 4.90 Å². The standard InChI is InChI=1S/C54H37NO/c1-5-13-38(14-6-1)42-21-27-46(28-22-42)55(47-29-23-43(24-30-47)39-15-7-2-8-16-39)48-31-34-54-52(37-48)50-35-44(40-17-9-3-10-18-40)25-32-49(50)51-36-45(26-33-53(51)56-54)41-19-11-4-12-20-41/h1-37H. The van der Waals surface area contributed by atoms with Gasteiger partial charge < -0.3 is 9.64 Å². The Morgan fingerprint density at radius 2 is 0.571 bits per heavy atom. The Bertz CT molecular complexity index is 2700. The number of ether oxygens (including phenoxy) is 1. The lowest BCUT2D eigenvalue weighted by atomic mass is 9.89. The predicted molar refractivity (Wildman–Crippen MR) is 234 cm³/mol. The Morgan fingerprint density at radius 1 is 0.232 bits per heavy atom. The van der Waals surface area contributed by atoms with Crippen LogP contribution in [0.5, 0.6) is 11.5 Å². The summed E-state index contributed by atoms with van der Waals surface area (Å²) < 4.78 is 6.88. The van der Waals surface area contributed by atoms with Crippen LogP contribution in [0.15, 0.2) is 224 Å². The van der Waals surface area contributed by atoms with Gasteiger partial charge in [0.05, 0.1) is 0 Å². The normalized spacial score (nSPS) is 11.4. The number of anilines is 3. The zero-order valence-electron chi connectivity index (χ0n) is 30.7. The first-order valence-corrected chi connectivity index (χ1v) is 19.1. The molecule has 0 saturated carbocycles. The molecule has 0 amide bonds. The number of fused-ring (bicyclic) bond motifs is 5. The maximum absolute atomic E-state index is 6.88. The molecule has 0 radical (unpaired) electrons. The van der Waals surface area contributed by atoms with Crippen molar-refractivity contribution in [3.8, 4) is 78.3 Å². The van der Waals surface area contributed by atoms with Gasteiger partial charge in [0.2, 0.25) is 0 Å². The zero-order chi connectivity index (χ0) is 37.3. The fraction of sp³-hybridized carbons (Fsp3) is 0. The van der Waals surface area contributed by atoms with Gasteiger partial charge >= 0.3 is 0 Å². The van der Waals surface area contributed by atoms with E-state index in [1.807, 2.05) is 0 Å². The van der Waals surface area contributed by atoms with E-state index in [0.29, 0.717) is 0 Å². The molecule has 0 spiro atoms. The average molecular weight is 716 g/mol.